The first-order chi connectivity index (χ1) is 6.15. The lowest BCUT2D eigenvalue weighted by Crippen LogP contribution is -2.07. The molecule has 0 saturated heterocycles. The minimum atomic E-state index is 0.257. The van der Waals surface area contributed by atoms with Crippen LogP contribution in [0, 0.1) is 0 Å². The van der Waals surface area contributed by atoms with Crippen LogP contribution in [0.3, 0.4) is 0 Å². The quantitative estimate of drug-likeness (QED) is 0.446. The first-order valence-corrected chi connectivity index (χ1v) is 4.78. The van der Waals surface area contributed by atoms with Crippen molar-refractivity contribution in [3.63, 3.8) is 0 Å². The fourth-order valence-electron chi connectivity index (χ4n) is 1.08. The fourth-order valence-corrected chi connectivity index (χ4v) is 1.08. The molecule has 0 radical (unpaired) electrons. The van der Waals surface area contributed by atoms with E-state index >= 15 is 0 Å². The van der Waals surface area contributed by atoms with Gasteiger partial charge in [-0.05, 0) is 31.9 Å². The van der Waals surface area contributed by atoms with Gasteiger partial charge in [0.1, 0.15) is 5.76 Å². The van der Waals surface area contributed by atoms with E-state index in [0.717, 1.165) is 24.2 Å². The highest BCUT2D eigenvalue weighted by Gasteiger charge is 2.03. The van der Waals surface area contributed by atoms with E-state index in [-0.39, 0.29) is 6.10 Å². The van der Waals surface area contributed by atoms with Gasteiger partial charge in [0.15, 0.2) is 0 Å². The average Bonchev–Trinajstić information content (AvgIpc) is 2.13. The highest BCUT2D eigenvalue weighted by Crippen LogP contribution is 2.13. The monoisotopic (exact) mass is 180 g/mol. The molecule has 0 rings (SSSR count). The Hall–Kier alpha value is -0.980. The van der Waals surface area contributed by atoms with Crippen LogP contribution in [0.15, 0.2) is 36.6 Å². The van der Waals surface area contributed by atoms with Crippen LogP contribution in [0.25, 0.3) is 0 Å². The molecule has 0 heterocycles. The van der Waals surface area contributed by atoms with E-state index < -0.39 is 0 Å². The van der Waals surface area contributed by atoms with Crippen LogP contribution in [0.1, 0.15) is 33.6 Å². The maximum Gasteiger partial charge on any atom is 0.121 e. The maximum absolute atomic E-state index is 5.68. The zero-order valence-electron chi connectivity index (χ0n) is 8.97. The van der Waals surface area contributed by atoms with Crippen LogP contribution in [0.2, 0.25) is 0 Å². The second kappa shape index (κ2) is 6.53. The number of hydrogen-bond acceptors (Lipinski definition) is 1. The molecule has 0 bridgehead atoms. The zero-order chi connectivity index (χ0) is 10.3. The SMILES string of the molecule is C=CC(C)=C(C=C)OC(C)CCC. The van der Waals surface area contributed by atoms with Crippen molar-refractivity contribution in [3.05, 3.63) is 36.6 Å². The summed E-state index contributed by atoms with van der Waals surface area (Å²) in [4.78, 5) is 0. The van der Waals surface area contributed by atoms with Gasteiger partial charge in [0.2, 0.25) is 0 Å². The number of rotatable bonds is 6. The summed E-state index contributed by atoms with van der Waals surface area (Å²) in [7, 11) is 0. The predicted octanol–water partition coefficient (Wildman–Crippen LogP) is 3.84. The minimum Gasteiger partial charge on any atom is -0.490 e. The lowest BCUT2D eigenvalue weighted by atomic mass is 10.2. The normalized spacial score (nSPS) is 14.4. The van der Waals surface area contributed by atoms with Crippen molar-refractivity contribution in [3.8, 4) is 0 Å². The summed E-state index contributed by atoms with van der Waals surface area (Å²) >= 11 is 0. The molecule has 0 aromatic heterocycles. The van der Waals surface area contributed by atoms with Crippen LogP contribution in [-0.4, -0.2) is 6.10 Å². The lowest BCUT2D eigenvalue weighted by Gasteiger charge is -2.15. The van der Waals surface area contributed by atoms with E-state index in [4.69, 9.17) is 4.74 Å². The maximum atomic E-state index is 5.68. The summed E-state index contributed by atoms with van der Waals surface area (Å²) in [6, 6.07) is 0. The molecule has 0 fully saturated rings. The number of hydrogen-bond donors (Lipinski definition) is 0. The number of allylic oxidation sites excluding steroid dienone is 3. The van der Waals surface area contributed by atoms with Crippen molar-refractivity contribution in [1.82, 2.24) is 0 Å². The first-order valence-electron chi connectivity index (χ1n) is 4.78. The van der Waals surface area contributed by atoms with Crippen LogP contribution in [-0.2, 0) is 4.74 Å². The van der Waals surface area contributed by atoms with Gasteiger partial charge in [0.25, 0.3) is 0 Å². The molecule has 1 atom stereocenters. The molecule has 1 unspecified atom stereocenters. The van der Waals surface area contributed by atoms with E-state index in [1.807, 2.05) is 6.92 Å². The summed E-state index contributed by atoms with van der Waals surface area (Å²) < 4.78 is 5.68. The molecule has 0 amide bonds. The van der Waals surface area contributed by atoms with E-state index in [9.17, 15) is 0 Å². The van der Waals surface area contributed by atoms with Gasteiger partial charge >= 0.3 is 0 Å². The molecule has 74 valence electrons. The second-order valence-electron chi connectivity index (χ2n) is 3.17. The molecule has 0 aliphatic carbocycles. The highest BCUT2D eigenvalue weighted by atomic mass is 16.5. The summed E-state index contributed by atoms with van der Waals surface area (Å²) in [6.45, 7) is 13.6. The van der Waals surface area contributed by atoms with Crippen molar-refractivity contribution >= 4 is 0 Å². The van der Waals surface area contributed by atoms with Gasteiger partial charge in [0.05, 0.1) is 6.10 Å². The van der Waals surface area contributed by atoms with Gasteiger partial charge in [-0.1, -0.05) is 32.6 Å². The molecule has 0 N–H and O–H groups in total. The number of ether oxygens (including phenoxy) is 1. The highest BCUT2D eigenvalue weighted by molar-refractivity contribution is 5.24. The second-order valence-corrected chi connectivity index (χ2v) is 3.17. The molecule has 13 heavy (non-hydrogen) atoms. The topological polar surface area (TPSA) is 9.23 Å². The van der Waals surface area contributed by atoms with E-state index in [1.54, 1.807) is 12.2 Å². The molecule has 0 spiro atoms. The minimum absolute atomic E-state index is 0.257. The summed E-state index contributed by atoms with van der Waals surface area (Å²) in [5, 5.41) is 0. The van der Waals surface area contributed by atoms with Crippen molar-refractivity contribution in [2.45, 2.75) is 39.7 Å². The smallest absolute Gasteiger partial charge is 0.121 e. The standard InChI is InChI=1S/C12H20O/c1-6-9-11(5)13-12(8-3)10(4)7-2/h7-8,11H,2-3,6,9H2,1,4-5H3. The van der Waals surface area contributed by atoms with E-state index in [1.165, 1.54) is 0 Å². The van der Waals surface area contributed by atoms with Crippen LogP contribution < -0.4 is 0 Å². The zero-order valence-corrected chi connectivity index (χ0v) is 8.97. The summed E-state index contributed by atoms with van der Waals surface area (Å²) in [5.74, 6) is 0.843. The van der Waals surface area contributed by atoms with E-state index in [0.29, 0.717) is 0 Å². The van der Waals surface area contributed by atoms with Gasteiger partial charge in [-0.25, -0.2) is 0 Å². The fraction of sp³-hybridized carbons (Fsp3) is 0.500. The summed E-state index contributed by atoms with van der Waals surface area (Å²) in [6.07, 6.45) is 5.99. The van der Waals surface area contributed by atoms with Gasteiger partial charge < -0.3 is 4.74 Å². The molecular formula is C12H20O. The molecule has 1 heteroatoms. The van der Waals surface area contributed by atoms with Gasteiger partial charge in [-0.3, -0.25) is 0 Å². The third-order valence-corrected chi connectivity index (χ3v) is 1.90. The van der Waals surface area contributed by atoms with Crippen molar-refractivity contribution in [2.75, 3.05) is 0 Å². The summed E-state index contributed by atoms with van der Waals surface area (Å²) in [5.41, 5.74) is 1.04. The third-order valence-electron chi connectivity index (χ3n) is 1.90. The molecule has 0 aromatic carbocycles. The Morgan fingerprint density at radius 2 is 2.00 bits per heavy atom. The van der Waals surface area contributed by atoms with Crippen molar-refractivity contribution in [1.29, 1.82) is 0 Å². The molecular weight excluding hydrogens is 160 g/mol. The van der Waals surface area contributed by atoms with Crippen LogP contribution in [0.4, 0.5) is 0 Å². The average molecular weight is 180 g/mol. The molecule has 0 aromatic rings. The largest absolute Gasteiger partial charge is 0.490 e. The Kier molecular flexibility index (Phi) is 6.03. The van der Waals surface area contributed by atoms with Gasteiger partial charge in [-0.2, -0.15) is 0 Å². The Labute approximate surface area is 81.8 Å². The molecule has 0 aliphatic heterocycles. The van der Waals surface area contributed by atoms with Crippen LogP contribution in [0.5, 0.6) is 0 Å². The first kappa shape index (κ1) is 12.0. The van der Waals surface area contributed by atoms with Crippen molar-refractivity contribution < 1.29 is 4.74 Å². The Bertz CT molecular complexity index is 201. The Morgan fingerprint density at radius 3 is 2.38 bits per heavy atom. The van der Waals surface area contributed by atoms with Crippen molar-refractivity contribution in [2.24, 2.45) is 0 Å². The van der Waals surface area contributed by atoms with Gasteiger partial charge in [0, 0.05) is 0 Å². The van der Waals surface area contributed by atoms with E-state index in [2.05, 4.69) is 27.0 Å². The molecule has 0 saturated carbocycles. The van der Waals surface area contributed by atoms with Crippen LogP contribution >= 0.6 is 0 Å². The predicted molar refractivity (Wildman–Crippen MR) is 58.5 cm³/mol. The Morgan fingerprint density at radius 1 is 1.38 bits per heavy atom. The Balaban J connectivity index is 4.28. The lowest BCUT2D eigenvalue weighted by molar-refractivity contribution is 0.131. The molecule has 1 nitrogen and oxygen atoms in total. The molecule has 0 aliphatic rings. The van der Waals surface area contributed by atoms with Gasteiger partial charge in [-0.15, -0.1) is 0 Å². The third kappa shape index (κ3) is 4.56.